The predicted octanol–water partition coefficient (Wildman–Crippen LogP) is 3.25. The highest BCUT2D eigenvalue weighted by Gasteiger charge is 2.19. The number of imidazole rings is 1. The van der Waals surface area contributed by atoms with Crippen LogP contribution in [-0.4, -0.2) is 26.9 Å². The molecule has 0 aliphatic rings. The molecule has 0 fully saturated rings. The largest absolute Gasteiger partial charge is 0.454 e. The van der Waals surface area contributed by atoms with Gasteiger partial charge in [0.2, 0.25) is 0 Å². The molecule has 3 aromatic rings. The first-order valence-corrected chi connectivity index (χ1v) is 8.18. The summed E-state index contributed by atoms with van der Waals surface area (Å²) in [7, 11) is 0. The fraction of sp³-hybridized carbons (Fsp3) is 0.188. The van der Waals surface area contributed by atoms with Gasteiger partial charge in [0.15, 0.2) is 10.9 Å². The van der Waals surface area contributed by atoms with Crippen LogP contribution in [0.4, 0.5) is 0 Å². The zero-order chi connectivity index (χ0) is 16.2. The summed E-state index contributed by atoms with van der Waals surface area (Å²) in [6.45, 7) is 1.85. The number of esters is 1. The minimum Gasteiger partial charge on any atom is -0.454 e. The fourth-order valence-corrected chi connectivity index (χ4v) is 2.69. The summed E-state index contributed by atoms with van der Waals surface area (Å²) in [6, 6.07) is 11.3. The lowest BCUT2D eigenvalue weighted by molar-refractivity contribution is 0.0454. The van der Waals surface area contributed by atoms with E-state index in [0.717, 1.165) is 10.8 Å². The molecule has 23 heavy (non-hydrogen) atoms. The average molecular weight is 329 g/mol. The maximum Gasteiger partial charge on any atom is 0.357 e. The van der Waals surface area contributed by atoms with Crippen LogP contribution in [-0.2, 0) is 11.3 Å². The van der Waals surface area contributed by atoms with Gasteiger partial charge in [0.1, 0.15) is 18.1 Å². The van der Waals surface area contributed by atoms with Crippen LogP contribution < -0.4 is 0 Å². The Labute approximate surface area is 137 Å². The van der Waals surface area contributed by atoms with Gasteiger partial charge in [-0.2, -0.15) is 0 Å². The molecule has 0 saturated heterocycles. The van der Waals surface area contributed by atoms with E-state index in [1.807, 2.05) is 36.6 Å². The van der Waals surface area contributed by atoms with Crippen molar-refractivity contribution in [2.45, 2.75) is 18.7 Å². The SMILES string of the molecule is CSc1ncc(C(=O)OCc2cc(C)on2)n1-c1ccccc1. The van der Waals surface area contributed by atoms with E-state index in [1.54, 1.807) is 17.6 Å². The average Bonchev–Trinajstić information content (AvgIpc) is 3.19. The molecule has 0 amide bonds. The number of hydrogen-bond donors (Lipinski definition) is 0. The molecule has 7 heteroatoms. The predicted molar refractivity (Wildman–Crippen MR) is 85.7 cm³/mol. The molecule has 0 saturated carbocycles. The molecule has 0 radical (unpaired) electrons. The summed E-state index contributed by atoms with van der Waals surface area (Å²) >= 11 is 1.46. The van der Waals surface area contributed by atoms with Crippen LogP contribution in [0.5, 0.6) is 0 Å². The third-order valence-electron chi connectivity index (χ3n) is 3.16. The van der Waals surface area contributed by atoms with Crippen LogP contribution in [0.2, 0.25) is 0 Å². The van der Waals surface area contributed by atoms with E-state index in [1.165, 1.54) is 18.0 Å². The molecule has 0 bridgehead atoms. The topological polar surface area (TPSA) is 70.2 Å². The highest BCUT2D eigenvalue weighted by molar-refractivity contribution is 7.98. The smallest absolute Gasteiger partial charge is 0.357 e. The quantitative estimate of drug-likeness (QED) is 0.528. The minimum absolute atomic E-state index is 0.0603. The zero-order valence-corrected chi connectivity index (χ0v) is 13.5. The second kappa shape index (κ2) is 6.70. The summed E-state index contributed by atoms with van der Waals surface area (Å²) in [5.74, 6) is 0.220. The van der Waals surface area contributed by atoms with Gasteiger partial charge in [-0.1, -0.05) is 35.1 Å². The van der Waals surface area contributed by atoms with E-state index < -0.39 is 5.97 Å². The van der Waals surface area contributed by atoms with Gasteiger partial charge in [0.25, 0.3) is 0 Å². The third-order valence-corrected chi connectivity index (χ3v) is 3.82. The number of carbonyl (C=O) groups is 1. The summed E-state index contributed by atoms with van der Waals surface area (Å²) in [6.07, 6.45) is 3.43. The number of benzene rings is 1. The lowest BCUT2D eigenvalue weighted by atomic mass is 10.3. The van der Waals surface area contributed by atoms with Crippen molar-refractivity contribution in [1.82, 2.24) is 14.7 Å². The number of ether oxygens (including phenoxy) is 1. The van der Waals surface area contributed by atoms with Crippen molar-refractivity contribution in [3.8, 4) is 5.69 Å². The summed E-state index contributed by atoms with van der Waals surface area (Å²) in [5.41, 5.74) is 1.81. The molecule has 118 valence electrons. The van der Waals surface area contributed by atoms with Crippen molar-refractivity contribution in [2.75, 3.05) is 6.26 Å². The van der Waals surface area contributed by atoms with Gasteiger partial charge < -0.3 is 9.26 Å². The van der Waals surface area contributed by atoms with Crippen LogP contribution in [0.1, 0.15) is 21.9 Å². The molecule has 0 spiro atoms. The monoisotopic (exact) mass is 329 g/mol. The van der Waals surface area contributed by atoms with E-state index in [4.69, 9.17) is 9.26 Å². The Hall–Kier alpha value is -2.54. The lowest BCUT2D eigenvalue weighted by Gasteiger charge is -2.10. The van der Waals surface area contributed by atoms with E-state index in [2.05, 4.69) is 10.1 Å². The van der Waals surface area contributed by atoms with Crippen LogP contribution in [0.15, 0.2) is 52.3 Å². The van der Waals surface area contributed by atoms with Crippen LogP contribution in [0.25, 0.3) is 5.69 Å². The number of nitrogens with zero attached hydrogens (tertiary/aromatic N) is 3. The lowest BCUT2D eigenvalue weighted by Crippen LogP contribution is -2.11. The van der Waals surface area contributed by atoms with E-state index >= 15 is 0 Å². The number of rotatable bonds is 5. The van der Waals surface area contributed by atoms with Crippen molar-refractivity contribution >= 4 is 17.7 Å². The first kappa shape index (κ1) is 15.4. The molecular weight excluding hydrogens is 314 g/mol. The third kappa shape index (κ3) is 3.29. The number of hydrogen-bond acceptors (Lipinski definition) is 6. The standard InChI is InChI=1S/C16H15N3O3S/c1-11-8-12(18-22-11)10-21-15(20)14-9-17-16(23-2)19(14)13-6-4-3-5-7-13/h3-9H,10H2,1-2H3. The molecule has 3 rings (SSSR count). The second-order valence-electron chi connectivity index (χ2n) is 4.81. The van der Waals surface area contributed by atoms with E-state index in [-0.39, 0.29) is 6.61 Å². The Balaban J connectivity index is 1.84. The summed E-state index contributed by atoms with van der Waals surface area (Å²) < 4.78 is 12.0. The molecule has 1 aromatic carbocycles. The number of thioether (sulfide) groups is 1. The Kier molecular flexibility index (Phi) is 4.47. The maximum atomic E-state index is 12.4. The Bertz CT molecular complexity index is 811. The van der Waals surface area contributed by atoms with Gasteiger partial charge >= 0.3 is 5.97 Å². The molecule has 0 aliphatic carbocycles. The summed E-state index contributed by atoms with van der Waals surface area (Å²) in [5, 5.41) is 4.53. The fourth-order valence-electron chi connectivity index (χ4n) is 2.15. The van der Waals surface area contributed by atoms with Crippen molar-refractivity contribution in [1.29, 1.82) is 0 Å². The second-order valence-corrected chi connectivity index (χ2v) is 5.58. The number of aryl methyl sites for hydroxylation is 1. The van der Waals surface area contributed by atoms with Gasteiger partial charge in [0.05, 0.1) is 6.20 Å². The van der Waals surface area contributed by atoms with Crippen molar-refractivity contribution in [3.63, 3.8) is 0 Å². The highest BCUT2D eigenvalue weighted by atomic mass is 32.2. The molecule has 0 N–H and O–H groups in total. The molecule has 0 aliphatic heterocycles. The zero-order valence-electron chi connectivity index (χ0n) is 12.7. The molecule has 0 unspecified atom stereocenters. The van der Waals surface area contributed by atoms with Crippen molar-refractivity contribution in [2.24, 2.45) is 0 Å². The highest BCUT2D eigenvalue weighted by Crippen LogP contribution is 2.22. The number of aromatic nitrogens is 3. The van der Waals surface area contributed by atoms with Gasteiger partial charge in [-0.25, -0.2) is 9.78 Å². The normalized spacial score (nSPS) is 10.7. The van der Waals surface area contributed by atoms with Crippen LogP contribution in [0.3, 0.4) is 0 Å². The molecule has 2 heterocycles. The van der Waals surface area contributed by atoms with Crippen molar-refractivity contribution < 1.29 is 14.1 Å². The minimum atomic E-state index is -0.456. The number of carbonyl (C=O) groups excluding carboxylic acids is 1. The molecule has 2 aromatic heterocycles. The maximum absolute atomic E-state index is 12.4. The summed E-state index contributed by atoms with van der Waals surface area (Å²) in [4.78, 5) is 16.7. The van der Waals surface area contributed by atoms with Crippen LogP contribution >= 0.6 is 11.8 Å². The molecule has 0 atom stereocenters. The van der Waals surface area contributed by atoms with Gasteiger partial charge in [-0.3, -0.25) is 4.57 Å². The molecule has 6 nitrogen and oxygen atoms in total. The van der Waals surface area contributed by atoms with Gasteiger partial charge in [-0.05, 0) is 25.3 Å². The molecular formula is C16H15N3O3S. The van der Waals surface area contributed by atoms with Gasteiger partial charge in [-0.15, -0.1) is 0 Å². The van der Waals surface area contributed by atoms with Crippen LogP contribution in [0, 0.1) is 6.92 Å². The van der Waals surface area contributed by atoms with Crippen molar-refractivity contribution in [3.05, 3.63) is 59.7 Å². The first-order chi connectivity index (χ1) is 11.2. The van der Waals surface area contributed by atoms with E-state index in [9.17, 15) is 4.79 Å². The Morgan fingerprint density at radius 1 is 1.35 bits per heavy atom. The Morgan fingerprint density at radius 3 is 2.78 bits per heavy atom. The van der Waals surface area contributed by atoms with E-state index in [0.29, 0.717) is 17.1 Å². The number of para-hydroxylation sites is 1. The Morgan fingerprint density at radius 2 is 2.13 bits per heavy atom. The van der Waals surface area contributed by atoms with Gasteiger partial charge in [0, 0.05) is 11.8 Å². The first-order valence-electron chi connectivity index (χ1n) is 6.95.